The van der Waals surface area contributed by atoms with Crippen LogP contribution >= 0.6 is 11.6 Å². The fraction of sp³-hybridized carbons (Fsp3) is 0.0769. The lowest BCUT2D eigenvalue weighted by molar-refractivity contribution is 1.46. The van der Waals surface area contributed by atoms with Gasteiger partial charge in [-0.25, -0.2) is 0 Å². The number of aryl methyl sites for hydroxylation is 1. The van der Waals surface area contributed by atoms with Gasteiger partial charge in [0.05, 0.1) is 0 Å². The molecule has 3 heteroatoms. The molecule has 0 aromatic heterocycles. The van der Waals surface area contributed by atoms with Crippen LogP contribution in [0.4, 0.5) is 11.4 Å². The van der Waals surface area contributed by atoms with Crippen LogP contribution in [0.25, 0.3) is 11.1 Å². The van der Waals surface area contributed by atoms with Crippen molar-refractivity contribution >= 4 is 23.0 Å². The summed E-state index contributed by atoms with van der Waals surface area (Å²) in [6.45, 7) is 2.02. The highest BCUT2D eigenvalue weighted by molar-refractivity contribution is 6.33. The fourth-order valence-electron chi connectivity index (χ4n) is 1.68. The van der Waals surface area contributed by atoms with Crippen LogP contribution < -0.4 is 11.5 Å². The molecule has 0 fully saturated rings. The summed E-state index contributed by atoms with van der Waals surface area (Å²) in [6, 6.07) is 11.2. The first-order chi connectivity index (χ1) is 7.58. The Bertz CT molecular complexity index is 486. The summed E-state index contributed by atoms with van der Waals surface area (Å²) in [5.74, 6) is 0. The Morgan fingerprint density at radius 2 is 1.44 bits per heavy atom. The van der Waals surface area contributed by atoms with Gasteiger partial charge in [-0.15, -0.1) is 0 Å². The molecular formula is C13H13ClN2. The number of anilines is 2. The number of rotatable bonds is 1. The van der Waals surface area contributed by atoms with E-state index in [4.69, 9.17) is 23.1 Å². The third-order valence-electron chi connectivity index (χ3n) is 2.54. The molecule has 0 aliphatic carbocycles. The first kappa shape index (κ1) is 10.8. The minimum atomic E-state index is 0.683. The van der Waals surface area contributed by atoms with E-state index in [0.717, 1.165) is 22.4 Å². The van der Waals surface area contributed by atoms with Gasteiger partial charge in [0.1, 0.15) is 0 Å². The van der Waals surface area contributed by atoms with Crippen molar-refractivity contribution in [2.75, 3.05) is 11.5 Å². The summed E-state index contributed by atoms with van der Waals surface area (Å²) in [7, 11) is 0. The van der Waals surface area contributed by atoms with Crippen LogP contribution in [0, 0.1) is 6.92 Å². The Morgan fingerprint density at radius 1 is 0.875 bits per heavy atom. The predicted molar refractivity (Wildman–Crippen MR) is 70.4 cm³/mol. The Morgan fingerprint density at radius 3 is 2.12 bits per heavy atom. The van der Waals surface area contributed by atoms with E-state index in [1.165, 1.54) is 0 Å². The summed E-state index contributed by atoms with van der Waals surface area (Å²) in [4.78, 5) is 0. The largest absolute Gasteiger partial charge is 0.399 e. The third-order valence-corrected chi connectivity index (χ3v) is 2.87. The van der Waals surface area contributed by atoms with Crippen molar-refractivity contribution in [2.24, 2.45) is 0 Å². The van der Waals surface area contributed by atoms with Crippen LogP contribution in [0.2, 0.25) is 5.02 Å². The summed E-state index contributed by atoms with van der Waals surface area (Å²) < 4.78 is 0. The van der Waals surface area contributed by atoms with E-state index >= 15 is 0 Å². The lowest BCUT2D eigenvalue weighted by Crippen LogP contribution is -1.91. The molecule has 0 saturated heterocycles. The molecule has 0 unspecified atom stereocenters. The van der Waals surface area contributed by atoms with Crippen LogP contribution in [0.5, 0.6) is 0 Å². The van der Waals surface area contributed by atoms with E-state index in [1.54, 1.807) is 12.1 Å². The number of nitrogens with two attached hydrogens (primary N) is 2. The van der Waals surface area contributed by atoms with Crippen molar-refractivity contribution in [3.63, 3.8) is 0 Å². The second kappa shape index (κ2) is 4.06. The van der Waals surface area contributed by atoms with Gasteiger partial charge in [0.15, 0.2) is 0 Å². The number of benzene rings is 2. The second-order valence-electron chi connectivity index (χ2n) is 3.81. The van der Waals surface area contributed by atoms with Gasteiger partial charge in [-0.1, -0.05) is 17.7 Å². The average Bonchev–Trinajstić information content (AvgIpc) is 2.25. The van der Waals surface area contributed by atoms with Crippen LogP contribution in [0.15, 0.2) is 36.4 Å². The van der Waals surface area contributed by atoms with Crippen molar-refractivity contribution in [1.29, 1.82) is 0 Å². The maximum absolute atomic E-state index is 6.16. The maximum atomic E-state index is 6.16. The number of halogens is 1. The fourth-order valence-corrected chi connectivity index (χ4v) is 1.90. The van der Waals surface area contributed by atoms with E-state index in [9.17, 15) is 0 Å². The zero-order valence-corrected chi connectivity index (χ0v) is 9.75. The van der Waals surface area contributed by atoms with Crippen LogP contribution in [0.3, 0.4) is 0 Å². The van der Waals surface area contributed by atoms with E-state index in [-0.39, 0.29) is 0 Å². The summed E-state index contributed by atoms with van der Waals surface area (Å²) in [5.41, 5.74) is 16.0. The normalized spacial score (nSPS) is 10.4. The molecule has 2 rings (SSSR count). The smallest absolute Gasteiger partial charge is 0.0486 e. The molecule has 0 aliphatic rings. The van der Waals surface area contributed by atoms with Gasteiger partial charge in [-0.2, -0.15) is 0 Å². The Hall–Kier alpha value is -1.67. The minimum absolute atomic E-state index is 0.683. The third kappa shape index (κ3) is 1.97. The van der Waals surface area contributed by atoms with Crippen LogP contribution in [-0.2, 0) is 0 Å². The molecule has 0 heterocycles. The molecule has 4 N–H and O–H groups in total. The Labute approximate surface area is 99.8 Å². The van der Waals surface area contributed by atoms with Crippen molar-refractivity contribution in [1.82, 2.24) is 0 Å². The molecule has 0 atom stereocenters. The molecule has 0 radical (unpaired) electrons. The quantitative estimate of drug-likeness (QED) is 0.740. The van der Waals surface area contributed by atoms with Crippen molar-refractivity contribution in [3.8, 4) is 11.1 Å². The number of hydrogen-bond donors (Lipinski definition) is 2. The van der Waals surface area contributed by atoms with E-state index in [0.29, 0.717) is 10.7 Å². The molecule has 2 aromatic rings. The molecule has 16 heavy (non-hydrogen) atoms. The molecule has 0 spiro atoms. The first-order valence-corrected chi connectivity index (χ1v) is 5.37. The molecular weight excluding hydrogens is 220 g/mol. The van der Waals surface area contributed by atoms with Gasteiger partial charge < -0.3 is 11.5 Å². The molecule has 82 valence electrons. The van der Waals surface area contributed by atoms with E-state index < -0.39 is 0 Å². The van der Waals surface area contributed by atoms with Gasteiger partial charge in [0.2, 0.25) is 0 Å². The Balaban J connectivity index is 2.66. The number of hydrogen-bond acceptors (Lipinski definition) is 2. The van der Waals surface area contributed by atoms with Crippen molar-refractivity contribution in [2.45, 2.75) is 6.92 Å². The lowest BCUT2D eigenvalue weighted by atomic mass is 9.99. The average molecular weight is 233 g/mol. The SMILES string of the molecule is Cc1ccc(N)cc1-c1cc(N)ccc1Cl. The molecule has 2 nitrogen and oxygen atoms in total. The van der Waals surface area contributed by atoms with Gasteiger partial charge in [0.25, 0.3) is 0 Å². The van der Waals surface area contributed by atoms with Gasteiger partial charge in [0, 0.05) is 22.0 Å². The van der Waals surface area contributed by atoms with Gasteiger partial charge >= 0.3 is 0 Å². The summed E-state index contributed by atoms with van der Waals surface area (Å²) >= 11 is 6.16. The zero-order chi connectivity index (χ0) is 11.7. The van der Waals surface area contributed by atoms with Crippen LogP contribution in [-0.4, -0.2) is 0 Å². The van der Waals surface area contributed by atoms with Crippen molar-refractivity contribution in [3.05, 3.63) is 47.0 Å². The monoisotopic (exact) mass is 232 g/mol. The molecule has 0 amide bonds. The molecule has 0 bridgehead atoms. The zero-order valence-electron chi connectivity index (χ0n) is 9.00. The highest BCUT2D eigenvalue weighted by atomic mass is 35.5. The number of nitrogen functional groups attached to an aromatic ring is 2. The van der Waals surface area contributed by atoms with E-state index in [2.05, 4.69) is 0 Å². The van der Waals surface area contributed by atoms with Gasteiger partial charge in [-0.3, -0.25) is 0 Å². The highest BCUT2D eigenvalue weighted by Gasteiger charge is 2.07. The standard InChI is InChI=1S/C13H13ClN2/c1-8-2-3-9(15)6-11(8)12-7-10(16)4-5-13(12)14/h2-7H,15-16H2,1H3. The second-order valence-corrected chi connectivity index (χ2v) is 4.22. The lowest BCUT2D eigenvalue weighted by Gasteiger charge is -2.10. The van der Waals surface area contributed by atoms with Crippen molar-refractivity contribution < 1.29 is 0 Å². The predicted octanol–water partition coefficient (Wildman–Crippen LogP) is 3.48. The molecule has 2 aromatic carbocycles. The Kier molecular flexibility index (Phi) is 2.75. The van der Waals surface area contributed by atoms with Crippen LogP contribution in [0.1, 0.15) is 5.56 Å². The maximum Gasteiger partial charge on any atom is 0.0486 e. The minimum Gasteiger partial charge on any atom is -0.399 e. The van der Waals surface area contributed by atoms with Gasteiger partial charge in [-0.05, 0) is 48.4 Å². The topological polar surface area (TPSA) is 52.0 Å². The van der Waals surface area contributed by atoms with E-state index in [1.807, 2.05) is 31.2 Å². The summed E-state index contributed by atoms with van der Waals surface area (Å²) in [5, 5.41) is 0.683. The summed E-state index contributed by atoms with van der Waals surface area (Å²) in [6.07, 6.45) is 0. The highest BCUT2D eigenvalue weighted by Crippen LogP contribution is 2.32. The molecule has 0 saturated carbocycles. The first-order valence-electron chi connectivity index (χ1n) is 4.99. The molecule has 0 aliphatic heterocycles.